The van der Waals surface area contributed by atoms with Crippen molar-refractivity contribution in [2.24, 2.45) is 0 Å². The zero-order valence-corrected chi connectivity index (χ0v) is 17.1. The fraction of sp³-hybridized carbons (Fsp3) is 0.318. The predicted molar refractivity (Wildman–Crippen MR) is 108 cm³/mol. The molecule has 0 aliphatic carbocycles. The van der Waals surface area contributed by atoms with E-state index in [9.17, 15) is 4.79 Å². The lowest BCUT2D eigenvalue weighted by molar-refractivity contribution is 0.0950. The highest BCUT2D eigenvalue weighted by atomic mass is 16.5. The largest absolute Gasteiger partial charge is 0.489 e. The van der Waals surface area contributed by atoms with E-state index >= 15 is 0 Å². The van der Waals surface area contributed by atoms with E-state index in [0.29, 0.717) is 30.3 Å². The molecule has 1 amide bonds. The van der Waals surface area contributed by atoms with Crippen molar-refractivity contribution in [1.29, 1.82) is 0 Å². The van der Waals surface area contributed by atoms with Crippen molar-refractivity contribution in [3.05, 3.63) is 70.7 Å². The Morgan fingerprint density at radius 3 is 2.76 bits per heavy atom. The molecule has 0 fully saturated rings. The molecule has 0 bridgehead atoms. The Morgan fingerprint density at radius 2 is 2.03 bits per heavy atom. The summed E-state index contributed by atoms with van der Waals surface area (Å²) < 4.78 is 16.7. The van der Waals surface area contributed by atoms with Crippen LogP contribution in [0.1, 0.15) is 46.8 Å². The molecule has 2 heterocycles. The first-order chi connectivity index (χ1) is 13.9. The lowest BCUT2D eigenvalue weighted by Gasteiger charge is -2.13. The van der Waals surface area contributed by atoms with Gasteiger partial charge in [0.1, 0.15) is 18.1 Å². The molecule has 0 radical (unpaired) electrons. The average Bonchev–Trinajstić information content (AvgIpc) is 3.03. The Labute approximate surface area is 170 Å². The van der Waals surface area contributed by atoms with Crippen LogP contribution in [-0.2, 0) is 13.2 Å². The van der Waals surface area contributed by atoms with Gasteiger partial charge in [-0.3, -0.25) is 4.79 Å². The summed E-state index contributed by atoms with van der Waals surface area (Å²) in [6.45, 7) is 8.24. The quantitative estimate of drug-likeness (QED) is 0.621. The fourth-order valence-corrected chi connectivity index (χ4v) is 2.76. The van der Waals surface area contributed by atoms with Gasteiger partial charge in [0.05, 0.1) is 17.4 Å². The third-order valence-electron chi connectivity index (χ3n) is 4.30. The Balaban J connectivity index is 1.63. The van der Waals surface area contributed by atoms with Gasteiger partial charge in [-0.1, -0.05) is 17.3 Å². The van der Waals surface area contributed by atoms with Crippen LogP contribution in [0.25, 0.3) is 0 Å². The van der Waals surface area contributed by atoms with Crippen LogP contribution in [0.2, 0.25) is 0 Å². The Morgan fingerprint density at radius 1 is 1.21 bits per heavy atom. The highest BCUT2D eigenvalue weighted by Crippen LogP contribution is 2.19. The SMILES string of the molecule is Cc1noc(C)c1COc1cccc(C(=O)NCc2cccnc2OC(C)C)c1. The Kier molecular flexibility index (Phi) is 6.49. The molecule has 0 aliphatic heterocycles. The molecule has 2 aromatic heterocycles. The molecule has 7 heteroatoms. The third-order valence-corrected chi connectivity index (χ3v) is 4.30. The molecule has 1 N–H and O–H groups in total. The first-order valence-corrected chi connectivity index (χ1v) is 9.47. The van der Waals surface area contributed by atoms with Gasteiger partial charge < -0.3 is 19.3 Å². The average molecular weight is 395 g/mol. The molecule has 0 saturated heterocycles. The molecule has 29 heavy (non-hydrogen) atoms. The van der Waals surface area contributed by atoms with Crippen molar-refractivity contribution < 1.29 is 18.8 Å². The van der Waals surface area contributed by atoms with E-state index in [1.165, 1.54) is 0 Å². The third kappa shape index (κ3) is 5.34. The maximum Gasteiger partial charge on any atom is 0.251 e. The van der Waals surface area contributed by atoms with Crippen molar-refractivity contribution in [2.75, 3.05) is 0 Å². The molecule has 0 saturated carbocycles. The summed E-state index contributed by atoms with van der Waals surface area (Å²) in [5, 5.41) is 6.82. The van der Waals surface area contributed by atoms with Crippen LogP contribution in [0.15, 0.2) is 47.1 Å². The maximum atomic E-state index is 12.6. The zero-order valence-electron chi connectivity index (χ0n) is 17.1. The first-order valence-electron chi connectivity index (χ1n) is 9.47. The summed E-state index contributed by atoms with van der Waals surface area (Å²) >= 11 is 0. The van der Waals surface area contributed by atoms with E-state index in [1.807, 2.05) is 45.9 Å². The van der Waals surface area contributed by atoms with Gasteiger partial charge in [-0.05, 0) is 52.0 Å². The zero-order chi connectivity index (χ0) is 20.8. The number of amides is 1. The van der Waals surface area contributed by atoms with Crippen LogP contribution < -0.4 is 14.8 Å². The Hall–Kier alpha value is -3.35. The highest BCUT2D eigenvalue weighted by Gasteiger charge is 2.12. The van der Waals surface area contributed by atoms with E-state index in [4.69, 9.17) is 14.0 Å². The van der Waals surface area contributed by atoms with Crippen molar-refractivity contribution in [1.82, 2.24) is 15.5 Å². The van der Waals surface area contributed by atoms with Crippen molar-refractivity contribution >= 4 is 5.91 Å². The minimum absolute atomic E-state index is 0.00545. The van der Waals surface area contributed by atoms with Crippen LogP contribution in [0.5, 0.6) is 11.6 Å². The van der Waals surface area contributed by atoms with Crippen LogP contribution in [0, 0.1) is 13.8 Å². The predicted octanol–water partition coefficient (Wildman–Crippen LogP) is 3.98. The lowest BCUT2D eigenvalue weighted by atomic mass is 10.2. The molecular weight excluding hydrogens is 370 g/mol. The van der Waals surface area contributed by atoms with Gasteiger partial charge in [-0.25, -0.2) is 4.98 Å². The standard InChI is InChI=1S/C22H25N3O4/c1-14(2)28-22-18(8-6-10-23-22)12-24-21(26)17-7-5-9-19(11-17)27-13-20-15(3)25-29-16(20)4/h5-11,14H,12-13H2,1-4H3,(H,24,26). The summed E-state index contributed by atoms with van der Waals surface area (Å²) in [5.74, 6) is 1.65. The van der Waals surface area contributed by atoms with E-state index < -0.39 is 0 Å². The van der Waals surface area contributed by atoms with Gasteiger partial charge in [-0.2, -0.15) is 0 Å². The van der Waals surface area contributed by atoms with E-state index in [2.05, 4.69) is 15.5 Å². The number of carbonyl (C=O) groups excluding carboxylic acids is 1. The highest BCUT2D eigenvalue weighted by molar-refractivity contribution is 5.94. The monoisotopic (exact) mass is 395 g/mol. The molecule has 7 nitrogen and oxygen atoms in total. The summed E-state index contributed by atoms with van der Waals surface area (Å²) in [7, 11) is 0. The molecule has 0 spiro atoms. The first kappa shape index (κ1) is 20.4. The topological polar surface area (TPSA) is 86.5 Å². The Bertz CT molecular complexity index is 962. The maximum absolute atomic E-state index is 12.6. The fourth-order valence-electron chi connectivity index (χ4n) is 2.76. The van der Waals surface area contributed by atoms with Crippen LogP contribution in [0.3, 0.4) is 0 Å². The van der Waals surface area contributed by atoms with Gasteiger partial charge in [0.2, 0.25) is 5.88 Å². The molecule has 0 aliphatic rings. The minimum atomic E-state index is -0.202. The molecule has 3 rings (SSSR count). The molecule has 152 valence electrons. The summed E-state index contributed by atoms with van der Waals surface area (Å²) in [6.07, 6.45) is 1.67. The number of nitrogens with zero attached hydrogens (tertiary/aromatic N) is 2. The number of benzene rings is 1. The molecule has 0 atom stereocenters. The second-order valence-electron chi connectivity index (χ2n) is 6.94. The number of pyridine rings is 1. The number of aromatic nitrogens is 2. The van der Waals surface area contributed by atoms with Crippen LogP contribution in [-0.4, -0.2) is 22.2 Å². The van der Waals surface area contributed by atoms with E-state index in [1.54, 1.807) is 24.4 Å². The van der Waals surface area contributed by atoms with Gasteiger partial charge in [0, 0.05) is 23.9 Å². The van der Waals surface area contributed by atoms with Gasteiger partial charge >= 0.3 is 0 Å². The van der Waals surface area contributed by atoms with Crippen LogP contribution in [0.4, 0.5) is 0 Å². The van der Waals surface area contributed by atoms with Gasteiger partial charge in [-0.15, -0.1) is 0 Å². The van der Waals surface area contributed by atoms with Crippen molar-refractivity contribution in [2.45, 2.75) is 47.0 Å². The summed E-state index contributed by atoms with van der Waals surface area (Å²) in [4.78, 5) is 16.8. The van der Waals surface area contributed by atoms with E-state index in [-0.39, 0.29) is 12.0 Å². The number of carbonyl (C=O) groups is 1. The normalized spacial score (nSPS) is 10.8. The number of rotatable bonds is 8. The smallest absolute Gasteiger partial charge is 0.251 e. The number of hydrogen-bond acceptors (Lipinski definition) is 6. The number of ether oxygens (including phenoxy) is 2. The minimum Gasteiger partial charge on any atom is -0.489 e. The molecule has 3 aromatic rings. The summed E-state index contributed by atoms with van der Waals surface area (Å²) in [5.41, 5.74) is 3.04. The number of aryl methyl sites for hydroxylation is 2. The number of nitrogens with one attached hydrogen (secondary N) is 1. The summed E-state index contributed by atoms with van der Waals surface area (Å²) in [6, 6.07) is 10.8. The van der Waals surface area contributed by atoms with Gasteiger partial charge in [0.25, 0.3) is 5.91 Å². The second-order valence-corrected chi connectivity index (χ2v) is 6.94. The van der Waals surface area contributed by atoms with Crippen molar-refractivity contribution in [3.8, 4) is 11.6 Å². The second kappa shape index (κ2) is 9.23. The molecule has 0 unspecified atom stereocenters. The molecular formula is C22H25N3O4. The van der Waals surface area contributed by atoms with Gasteiger partial charge in [0.15, 0.2) is 0 Å². The van der Waals surface area contributed by atoms with Crippen LogP contribution >= 0.6 is 0 Å². The molecule has 1 aromatic carbocycles. The lowest BCUT2D eigenvalue weighted by Crippen LogP contribution is -2.23. The van der Waals surface area contributed by atoms with E-state index in [0.717, 1.165) is 22.6 Å². The van der Waals surface area contributed by atoms with Crippen molar-refractivity contribution in [3.63, 3.8) is 0 Å². The number of hydrogen-bond donors (Lipinski definition) is 1.